The third-order valence-electron chi connectivity index (χ3n) is 6.41. The molecule has 1 fully saturated rings. The van der Waals surface area contributed by atoms with E-state index in [0.29, 0.717) is 28.0 Å². The number of rotatable bonds is 3. The van der Waals surface area contributed by atoms with Gasteiger partial charge in [0.1, 0.15) is 0 Å². The van der Waals surface area contributed by atoms with Crippen LogP contribution in [-0.2, 0) is 12.8 Å². The zero-order valence-electron chi connectivity index (χ0n) is 16.5. The average Bonchev–Trinajstić information content (AvgIpc) is 2.73. The first-order chi connectivity index (χ1) is 14.5. The van der Waals surface area contributed by atoms with Gasteiger partial charge in [0.2, 0.25) is 0 Å². The van der Waals surface area contributed by atoms with Crippen LogP contribution in [0.25, 0.3) is 22.2 Å². The molecule has 2 N–H and O–H groups in total. The molecule has 6 heteroatoms. The molecule has 0 radical (unpaired) electrons. The van der Waals surface area contributed by atoms with E-state index >= 15 is 0 Å². The molecule has 3 nitrogen and oxygen atoms in total. The Labute approximate surface area is 191 Å². The van der Waals surface area contributed by atoms with Gasteiger partial charge < -0.3 is 10.4 Å². The van der Waals surface area contributed by atoms with Gasteiger partial charge in [0.05, 0.1) is 22.3 Å². The molecule has 2 heterocycles. The lowest BCUT2D eigenvalue weighted by Crippen LogP contribution is -2.35. The quantitative estimate of drug-likeness (QED) is 0.466. The third kappa shape index (κ3) is 3.61. The molecule has 1 aliphatic carbocycles. The van der Waals surface area contributed by atoms with E-state index in [1.165, 1.54) is 12.8 Å². The summed E-state index contributed by atoms with van der Waals surface area (Å²) in [5.74, 6) is 0. The minimum atomic E-state index is -0.616. The Morgan fingerprint density at radius 1 is 1.07 bits per heavy atom. The summed E-state index contributed by atoms with van der Waals surface area (Å²) in [6.45, 7) is 1.01. The topological polar surface area (TPSA) is 45.1 Å². The molecule has 2 aliphatic rings. The van der Waals surface area contributed by atoms with Gasteiger partial charge >= 0.3 is 0 Å². The Morgan fingerprint density at radius 3 is 2.70 bits per heavy atom. The van der Waals surface area contributed by atoms with E-state index in [0.717, 1.165) is 64.2 Å². The molecule has 2 aromatic carbocycles. The smallest absolute Gasteiger partial charge is 0.0900 e. The second kappa shape index (κ2) is 8.29. The Hall–Kier alpha value is -1.36. The minimum absolute atomic E-state index is 0.313. The lowest BCUT2D eigenvalue weighted by atomic mass is 9.82. The van der Waals surface area contributed by atoms with Crippen molar-refractivity contribution >= 4 is 45.7 Å². The predicted molar refractivity (Wildman–Crippen MR) is 125 cm³/mol. The number of halogens is 3. The number of hydrogen-bond acceptors (Lipinski definition) is 3. The van der Waals surface area contributed by atoms with E-state index < -0.39 is 6.10 Å². The Kier molecular flexibility index (Phi) is 5.68. The van der Waals surface area contributed by atoms with Gasteiger partial charge in [-0.05, 0) is 73.5 Å². The molecule has 30 heavy (non-hydrogen) atoms. The van der Waals surface area contributed by atoms with Gasteiger partial charge in [-0.25, -0.2) is 4.98 Å². The fraction of sp³-hybridized carbons (Fsp3) is 0.375. The lowest BCUT2D eigenvalue weighted by molar-refractivity contribution is 0.145. The van der Waals surface area contributed by atoms with Crippen LogP contribution in [0.2, 0.25) is 15.1 Å². The van der Waals surface area contributed by atoms with Crippen molar-refractivity contribution in [3.63, 3.8) is 0 Å². The molecule has 2 atom stereocenters. The van der Waals surface area contributed by atoms with Crippen molar-refractivity contribution in [3.05, 3.63) is 62.1 Å². The molecule has 3 aromatic rings. The van der Waals surface area contributed by atoms with Crippen molar-refractivity contribution in [2.24, 2.45) is 0 Å². The van der Waals surface area contributed by atoms with Crippen molar-refractivity contribution in [3.8, 4) is 11.3 Å². The fourth-order valence-corrected chi connectivity index (χ4v) is 5.81. The summed E-state index contributed by atoms with van der Waals surface area (Å²) in [6.07, 6.45) is 5.14. The number of hydrogen-bond donors (Lipinski definition) is 2. The summed E-state index contributed by atoms with van der Waals surface area (Å²) in [5.41, 5.74) is 5.69. The highest BCUT2D eigenvalue weighted by Crippen LogP contribution is 2.44. The number of aliphatic hydroxyl groups is 1. The number of benzene rings is 2. The maximum Gasteiger partial charge on any atom is 0.0900 e. The second-order valence-corrected chi connectivity index (χ2v) is 9.55. The van der Waals surface area contributed by atoms with Crippen molar-refractivity contribution in [2.45, 2.75) is 50.7 Å². The molecule has 156 valence electrons. The average molecular weight is 462 g/mol. The molecule has 5 rings (SSSR count). The van der Waals surface area contributed by atoms with E-state index in [1.807, 2.05) is 18.2 Å². The van der Waals surface area contributed by atoms with Crippen molar-refractivity contribution in [2.75, 3.05) is 6.54 Å². The Morgan fingerprint density at radius 2 is 1.90 bits per heavy atom. The van der Waals surface area contributed by atoms with E-state index in [9.17, 15) is 5.11 Å². The van der Waals surface area contributed by atoms with Gasteiger partial charge in [-0.15, -0.1) is 0 Å². The summed E-state index contributed by atoms with van der Waals surface area (Å²) >= 11 is 19.4. The number of nitrogens with one attached hydrogen (secondary N) is 1. The molecular formula is C24H23Cl3N2O. The van der Waals surface area contributed by atoms with E-state index in [2.05, 4.69) is 11.4 Å². The van der Waals surface area contributed by atoms with Crippen LogP contribution in [0.4, 0.5) is 0 Å². The summed E-state index contributed by atoms with van der Waals surface area (Å²) in [6, 6.07) is 9.84. The van der Waals surface area contributed by atoms with Crippen LogP contribution < -0.4 is 5.32 Å². The van der Waals surface area contributed by atoms with Crippen LogP contribution in [0.1, 0.15) is 48.5 Å². The second-order valence-electron chi connectivity index (χ2n) is 8.30. The molecule has 0 saturated carbocycles. The first kappa shape index (κ1) is 20.5. The van der Waals surface area contributed by atoms with Gasteiger partial charge in [0.25, 0.3) is 0 Å². The maximum atomic E-state index is 11.4. The molecule has 1 saturated heterocycles. The van der Waals surface area contributed by atoms with Crippen LogP contribution in [0, 0.1) is 0 Å². The van der Waals surface area contributed by atoms with Gasteiger partial charge in [-0.2, -0.15) is 0 Å². The van der Waals surface area contributed by atoms with Gasteiger partial charge in [0, 0.05) is 27.0 Å². The first-order valence-electron chi connectivity index (χ1n) is 10.5. The lowest BCUT2D eigenvalue weighted by Gasteiger charge is -2.29. The highest BCUT2D eigenvalue weighted by molar-refractivity contribution is 6.38. The fourth-order valence-electron chi connectivity index (χ4n) is 5.01. The van der Waals surface area contributed by atoms with Crippen molar-refractivity contribution in [1.82, 2.24) is 10.3 Å². The molecule has 0 amide bonds. The number of pyridine rings is 1. The highest BCUT2D eigenvalue weighted by Gasteiger charge is 2.29. The van der Waals surface area contributed by atoms with Crippen LogP contribution in [0.3, 0.4) is 0 Å². The minimum Gasteiger partial charge on any atom is -0.388 e. The number of aromatic nitrogens is 1. The molecule has 2 unspecified atom stereocenters. The van der Waals surface area contributed by atoms with Crippen LogP contribution in [0.5, 0.6) is 0 Å². The predicted octanol–water partition coefficient (Wildman–Crippen LogP) is 6.53. The van der Waals surface area contributed by atoms with Gasteiger partial charge in [-0.1, -0.05) is 53.4 Å². The van der Waals surface area contributed by atoms with E-state index in [4.69, 9.17) is 39.8 Å². The van der Waals surface area contributed by atoms with Crippen LogP contribution >= 0.6 is 34.8 Å². The van der Waals surface area contributed by atoms with E-state index in [1.54, 1.807) is 6.07 Å². The monoisotopic (exact) mass is 460 g/mol. The van der Waals surface area contributed by atoms with Crippen LogP contribution in [0.15, 0.2) is 30.3 Å². The third-order valence-corrected chi connectivity index (χ3v) is 7.27. The van der Waals surface area contributed by atoms with Crippen molar-refractivity contribution < 1.29 is 5.11 Å². The number of fused-ring (bicyclic) bond motifs is 4. The summed E-state index contributed by atoms with van der Waals surface area (Å²) in [4.78, 5) is 4.95. The molecule has 1 aliphatic heterocycles. The highest BCUT2D eigenvalue weighted by atomic mass is 35.5. The molecule has 0 spiro atoms. The Bertz CT molecular complexity index is 1130. The molecule has 0 bridgehead atoms. The number of aliphatic hydroxyl groups excluding tert-OH is 1. The van der Waals surface area contributed by atoms with Crippen LogP contribution in [-0.4, -0.2) is 22.7 Å². The van der Waals surface area contributed by atoms with Crippen molar-refractivity contribution in [1.29, 1.82) is 0 Å². The largest absolute Gasteiger partial charge is 0.388 e. The standard InChI is InChI=1S/C24H23Cl3N2O/c25-13-10-18-22(21(30)12-14-4-1-2-9-28-14)17-8-7-15-16(5-3-6-19(15)26)23(17)29-24(18)20(27)11-13/h3,5-6,10-11,14,21,28,30H,1-2,4,7-9,12H2. The molecule has 1 aromatic heterocycles. The number of piperidine rings is 1. The number of nitrogens with zero attached hydrogens (tertiary/aromatic N) is 1. The summed E-state index contributed by atoms with van der Waals surface area (Å²) < 4.78 is 0. The summed E-state index contributed by atoms with van der Waals surface area (Å²) in [5, 5.41) is 17.6. The maximum absolute atomic E-state index is 11.4. The SMILES string of the molecule is OC(CC1CCCCN1)c1c2c(nc3c(Cl)cc(Cl)cc13)-c1cccc(Cl)c1CC2. The first-order valence-corrected chi connectivity index (χ1v) is 11.7. The summed E-state index contributed by atoms with van der Waals surface area (Å²) in [7, 11) is 0. The van der Waals surface area contributed by atoms with Gasteiger partial charge in [-0.3, -0.25) is 0 Å². The molecular weight excluding hydrogens is 439 g/mol. The Balaban J connectivity index is 1.72. The van der Waals surface area contributed by atoms with E-state index in [-0.39, 0.29) is 0 Å². The zero-order valence-corrected chi connectivity index (χ0v) is 18.8. The van der Waals surface area contributed by atoms with Gasteiger partial charge in [0.15, 0.2) is 0 Å². The normalized spacial score (nSPS) is 19.4. The zero-order chi connectivity index (χ0) is 20.8.